The Hall–Kier alpha value is -3.21. The van der Waals surface area contributed by atoms with E-state index in [4.69, 9.17) is 0 Å². The molecule has 29 heavy (non-hydrogen) atoms. The maximum Gasteiger partial charge on any atom is 0.471 e. The molecule has 0 aliphatic rings. The van der Waals surface area contributed by atoms with Crippen LogP contribution in [0.5, 0.6) is 0 Å². The van der Waals surface area contributed by atoms with Gasteiger partial charge in [-0.25, -0.2) is 8.42 Å². The molecule has 11 heteroatoms. The maximum atomic E-state index is 12.5. The summed E-state index contributed by atoms with van der Waals surface area (Å²) >= 11 is 0. The van der Waals surface area contributed by atoms with E-state index in [1.165, 1.54) is 42.5 Å². The first kappa shape index (κ1) is 20.5. The molecule has 1 N–H and O–H groups in total. The van der Waals surface area contributed by atoms with Crippen molar-refractivity contribution < 1.29 is 30.9 Å². The Morgan fingerprint density at radius 3 is 2.31 bits per heavy atom. The number of hydrogen-bond donors (Lipinski definition) is 1. The van der Waals surface area contributed by atoms with Gasteiger partial charge in [-0.1, -0.05) is 11.2 Å². The van der Waals surface area contributed by atoms with Crippen molar-refractivity contribution in [3.05, 3.63) is 59.5 Å². The fourth-order valence-electron chi connectivity index (χ4n) is 2.43. The molecule has 2 aromatic carbocycles. The Morgan fingerprint density at radius 1 is 1.10 bits per heavy atom. The first-order chi connectivity index (χ1) is 13.4. The third-order valence-electron chi connectivity index (χ3n) is 3.95. The summed E-state index contributed by atoms with van der Waals surface area (Å²) in [6, 6.07) is 9.96. The fourth-order valence-corrected chi connectivity index (χ4v) is 3.08. The van der Waals surface area contributed by atoms with E-state index in [1.807, 2.05) is 0 Å². The van der Waals surface area contributed by atoms with Crippen LogP contribution >= 0.6 is 0 Å². The molecule has 0 fully saturated rings. The summed E-state index contributed by atoms with van der Waals surface area (Å²) in [5.74, 6) is -2.22. The highest BCUT2D eigenvalue weighted by atomic mass is 32.2. The third kappa shape index (κ3) is 4.62. The van der Waals surface area contributed by atoms with E-state index in [9.17, 15) is 26.4 Å². The summed E-state index contributed by atoms with van der Waals surface area (Å²) in [5.41, 5.74) is 1.38. The summed E-state index contributed by atoms with van der Waals surface area (Å²) in [7, 11) is -3.48. The van der Waals surface area contributed by atoms with E-state index >= 15 is 0 Å². The Balaban J connectivity index is 1.80. The summed E-state index contributed by atoms with van der Waals surface area (Å²) in [5, 5.41) is 5.89. The number of aromatic nitrogens is 2. The van der Waals surface area contributed by atoms with Gasteiger partial charge in [0.05, 0.1) is 4.90 Å². The highest BCUT2D eigenvalue weighted by molar-refractivity contribution is 7.90. The van der Waals surface area contributed by atoms with E-state index < -0.39 is 27.8 Å². The van der Waals surface area contributed by atoms with Gasteiger partial charge in [0.2, 0.25) is 5.82 Å². The molecule has 1 aromatic heterocycles. The Morgan fingerprint density at radius 2 is 1.76 bits per heavy atom. The Labute approximate surface area is 163 Å². The van der Waals surface area contributed by atoms with Crippen molar-refractivity contribution in [3.8, 4) is 11.4 Å². The Kier molecular flexibility index (Phi) is 5.18. The molecule has 0 saturated heterocycles. The quantitative estimate of drug-likeness (QED) is 0.684. The summed E-state index contributed by atoms with van der Waals surface area (Å²) < 4.78 is 65.2. The molecule has 0 spiro atoms. The van der Waals surface area contributed by atoms with Gasteiger partial charge < -0.3 is 9.84 Å². The number of carbonyl (C=O) groups is 1. The van der Waals surface area contributed by atoms with Crippen LogP contribution in [-0.4, -0.2) is 30.7 Å². The van der Waals surface area contributed by atoms with Crippen LogP contribution in [0.25, 0.3) is 11.4 Å². The molecule has 0 aliphatic heterocycles. The van der Waals surface area contributed by atoms with Crippen molar-refractivity contribution in [1.82, 2.24) is 10.1 Å². The van der Waals surface area contributed by atoms with Gasteiger partial charge in [-0.2, -0.15) is 18.2 Å². The second kappa shape index (κ2) is 7.32. The van der Waals surface area contributed by atoms with Crippen molar-refractivity contribution >= 4 is 21.4 Å². The number of aryl methyl sites for hydroxylation is 1. The van der Waals surface area contributed by atoms with Crippen molar-refractivity contribution in [2.24, 2.45) is 0 Å². The van der Waals surface area contributed by atoms with Gasteiger partial charge >= 0.3 is 12.1 Å². The number of nitrogens with one attached hydrogen (secondary N) is 1. The number of sulfone groups is 1. The van der Waals surface area contributed by atoms with Crippen LogP contribution in [0, 0.1) is 6.92 Å². The number of amides is 1. The van der Waals surface area contributed by atoms with E-state index in [0.29, 0.717) is 11.3 Å². The summed E-state index contributed by atoms with van der Waals surface area (Å²) in [6.07, 6.45) is -3.70. The highest BCUT2D eigenvalue weighted by Crippen LogP contribution is 2.29. The molecule has 0 radical (unpaired) electrons. The van der Waals surface area contributed by atoms with Gasteiger partial charge in [-0.15, -0.1) is 0 Å². The minimum Gasteiger partial charge on any atom is -0.329 e. The minimum atomic E-state index is -4.74. The molecule has 152 valence electrons. The lowest BCUT2D eigenvalue weighted by atomic mass is 10.1. The van der Waals surface area contributed by atoms with Crippen LogP contribution < -0.4 is 5.32 Å². The zero-order chi connectivity index (χ0) is 21.4. The smallest absolute Gasteiger partial charge is 0.329 e. The molecule has 0 unspecified atom stereocenters. The van der Waals surface area contributed by atoms with Crippen molar-refractivity contribution in [3.63, 3.8) is 0 Å². The van der Waals surface area contributed by atoms with Crippen LogP contribution in [0.15, 0.2) is 51.9 Å². The van der Waals surface area contributed by atoms with Crippen LogP contribution in [0.4, 0.5) is 18.9 Å². The molecule has 0 saturated carbocycles. The van der Waals surface area contributed by atoms with Crippen molar-refractivity contribution in [2.45, 2.75) is 18.0 Å². The van der Waals surface area contributed by atoms with Gasteiger partial charge in [-0.3, -0.25) is 4.79 Å². The van der Waals surface area contributed by atoms with Gasteiger partial charge in [0.15, 0.2) is 9.84 Å². The molecule has 1 heterocycles. The van der Waals surface area contributed by atoms with Gasteiger partial charge in [0.25, 0.3) is 5.91 Å². The molecule has 7 nitrogen and oxygen atoms in total. The van der Waals surface area contributed by atoms with Gasteiger partial charge in [0, 0.05) is 23.1 Å². The number of anilines is 1. The number of hydrogen-bond acceptors (Lipinski definition) is 6. The van der Waals surface area contributed by atoms with Crippen LogP contribution in [0.1, 0.15) is 21.8 Å². The van der Waals surface area contributed by atoms with Gasteiger partial charge in [0.1, 0.15) is 0 Å². The average Bonchev–Trinajstić information content (AvgIpc) is 3.12. The number of nitrogens with zero attached hydrogens (tertiary/aromatic N) is 2. The number of halogens is 3. The number of benzene rings is 2. The van der Waals surface area contributed by atoms with E-state index in [2.05, 4.69) is 20.0 Å². The number of alkyl halides is 3. The number of carbonyl (C=O) groups excluding carboxylic acids is 1. The molecule has 0 atom stereocenters. The van der Waals surface area contributed by atoms with Crippen molar-refractivity contribution in [1.29, 1.82) is 0 Å². The predicted molar refractivity (Wildman–Crippen MR) is 97.0 cm³/mol. The van der Waals surface area contributed by atoms with Gasteiger partial charge in [-0.05, 0) is 48.9 Å². The first-order valence-corrected chi connectivity index (χ1v) is 9.98. The second-order valence-electron chi connectivity index (χ2n) is 6.20. The highest BCUT2D eigenvalue weighted by Gasteiger charge is 2.38. The minimum absolute atomic E-state index is 0.0150. The van der Waals surface area contributed by atoms with Crippen LogP contribution in [0.3, 0.4) is 0 Å². The fraction of sp³-hybridized carbons (Fsp3) is 0.167. The number of rotatable bonds is 4. The first-order valence-electron chi connectivity index (χ1n) is 8.08. The predicted octanol–water partition coefficient (Wildman–Crippen LogP) is 3.72. The molecular formula is C18H14F3N3O4S. The normalized spacial score (nSPS) is 12.0. The van der Waals surface area contributed by atoms with Crippen LogP contribution in [0.2, 0.25) is 0 Å². The maximum absolute atomic E-state index is 12.5. The van der Waals surface area contributed by atoms with Crippen LogP contribution in [-0.2, 0) is 16.0 Å². The van der Waals surface area contributed by atoms with E-state index in [1.54, 1.807) is 6.92 Å². The molecule has 3 rings (SSSR count). The monoisotopic (exact) mass is 425 g/mol. The zero-order valence-corrected chi connectivity index (χ0v) is 15.9. The largest absolute Gasteiger partial charge is 0.471 e. The van der Waals surface area contributed by atoms with Crippen molar-refractivity contribution in [2.75, 3.05) is 11.6 Å². The zero-order valence-electron chi connectivity index (χ0n) is 15.1. The van der Waals surface area contributed by atoms with E-state index in [0.717, 1.165) is 6.26 Å². The SMILES string of the molecule is Cc1ccc(S(C)(=O)=O)cc1C(=O)Nc1ccc(-c2noc(C(F)(F)F)n2)cc1. The summed E-state index contributed by atoms with van der Waals surface area (Å²) in [4.78, 5) is 15.8. The third-order valence-corrected chi connectivity index (χ3v) is 5.06. The second-order valence-corrected chi connectivity index (χ2v) is 8.22. The lowest BCUT2D eigenvalue weighted by Crippen LogP contribution is -2.14. The Bertz CT molecular complexity index is 1170. The van der Waals surface area contributed by atoms with E-state index in [-0.39, 0.29) is 21.8 Å². The lowest BCUT2D eigenvalue weighted by Gasteiger charge is -2.09. The molecule has 0 aliphatic carbocycles. The summed E-state index contributed by atoms with van der Waals surface area (Å²) in [6.45, 7) is 1.67. The topological polar surface area (TPSA) is 102 Å². The standard InChI is InChI=1S/C18H14F3N3O4S/c1-10-3-8-13(29(2,26)27)9-14(10)16(25)22-12-6-4-11(5-7-12)15-23-17(28-24-15)18(19,20)21/h3-9H,1-2H3,(H,22,25). The average molecular weight is 425 g/mol. The molecular weight excluding hydrogens is 411 g/mol. The lowest BCUT2D eigenvalue weighted by molar-refractivity contribution is -0.159. The molecule has 0 bridgehead atoms. The molecule has 1 amide bonds. The molecule has 3 aromatic rings.